The number of fused-ring (bicyclic) bond motifs is 2. The predicted molar refractivity (Wildman–Crippen MR) is 175 cm³/mol. The predicted octanol–water partition coefficient (Wildman–Crippen LogP) is 6.00. The number of hydrogen-bond donors (Lipinski definition) is 1. The largest absolute Gasteiger partial charge is 0.451 e. The molecule has 0 unspecified atom stereocenters. The molecule has 4 fully saturated rings. The SMILES string of the molecule is N#Cc1ccc2c(c1)c(CCCCN1CCN(c3ccc4oc(C(=O)NC(=O)C5CC5)c(C5CC5)c4c3)CC1)cn2C(=O)C1CC1. The summed E-state index contributed by atoms with van der Waals surface area (Å²) in [6, 6.07) is 14.1. The molecule has 3 saturated carbocycles. The zero-order valence-corrected chi connectivity index (χ0v) is 26.1. The molecule has 0 bridgehead atoms. The first-order chi connectivity index (χ1) is 22.5. The molecule has 1 N–H and O–H groups in total. The Hall–Kier alpha value is -4.42. The van der Waals surface area contributed by atoms with Crippen LogP contribution in [-0.2, 0) is 11.2 Å². The molecule has 4 aromatic rings. The number of nitrogens with zero attached hydrogens (tertiary/aromatic N) is 4. The van der Waals surface area contributed by atoms with E-state index in [9.17, 15) is 19.6 Å². The molecule has 2 aromatic carbocycles. The Labute approximate surface area is 268 Å². The molecule has 0 atom stereocenters. The lowest BCUT2D eigenvalue weighted by molar-refractivity contribution is -0.121. The number of furan rings is 1. The molecule has 8 rings (SSSR count). The van der Waals surface area contributed by atoms with Crippen LogP contribution in [0, 0.1) is 23.2 Å². The number of carbonyl (C=O) groups excluding carboxylic acids is 3. The maximum Gasteiger partial charge on any atom is 0.293 e. The van der Waals surface area contributed by atoms with Gasteiger partial charge in [0.2, 0.25) is 11.8 Å². The lowest BCUT2D eigenvalue weighted by Crippen LogP contribution is -2.46. The van der Waals surface area contributed by atoms with Gasteiger partial charge in [0.15, 0.2) is 5.76 Å². The van der Waals surface area contributed by atoms with E-state index >= 15 is 0 Å². The number of aryl methyl sites for hydroxylation is 1. The van der Waals surface area contributed by atoms with Crippen molar-refractivity contribution in [3.63, 3.8) is 0 Å². The van der Waals surface area contributed by atoms with E-state index in [1.807, 2.05) is 29.0 Å². The second-order valence-electron chi connectivity index (χ2n) is 13.7. The lowest BCUT2D eigenvalue weighted by Gasteiger charge is -2.36. The number of amides is 2. The van der Waals surface area contributed by atoms with Crippen LogP contribution in [0.4, 0.5) is 5.69 Å². The molecule has 236 valence electrons. The van der Waals surface area contributed by atoms with Gasteiger partial charge >= 0.3 is 0 Å². The first-order valence-electron chi connectivity index (χ1n) is 16.9. The number of nitrogens with one attached hydrogen (secondary N) is 1. The van der Waals surface area contributed by atoms with Gasteiger partial charge in [0.25, 0.3) is 5.91 Å². The summed E-state index contributed by atoms with van der Waals surface area (Å²) in [5.74, 6) is 0.320. The molecule has 9 nitrogen and oxygen atoms in total. The van der Waals surface area contributed by atoms with Crippen molar-refractivity contribution in [2.75, 3.05) is 37.6 Å². The van der Waals surface area contributed by atoms with Gasteiger partial charge in [-0.3, -0.25) is 29.2 Å². The van der Waals surface area contributed by atoms with Crippen LogP contribution in [0.25, 0.3) is 21.9 Å². The van der Waals surface area contributed by atoms with Crippen LogP contribution in [0.1, 0.15) is 89.3 Å². The van der Waals surface area contributed by atoms with Crippen molar-refractivity contribution in [2.24, 2.45) is 11.8 Å². The highest BCUT2D eigenvalue weighted by Crippen LogP contribution is 2.47. The summed E-state index contributed by atoms with van der Waals surface area (Å²) in [5, 5.41) is 14.0. The fraction of sp³-hybridized carbons (Fsp3) is 0.459. The average Bonchev–Trinajstić information content (AvgIpc) is 3.94. The van der Waals surface area contributed by atoms with E-state index in [1.165, 1.54) is 0 Å². The van der Waals surface area contributed by atoms with Crippen LogP contribution in [0.2, 0.25) is 0 Å². The maximum atomic E-state index is 13.0. The van der Waals surface area contributed by atoms with E-state index < -0.39 is 5.91 Å². The molecule has 2 amide bonds. The Morgan fingerprint density at radius 3 is 2.39 bits per heavy atom. The summed E-state index contributed by atoms with van der Waals surface area (Å²) < 4.78 is 7.87. The van der Waals surface area contributed by atoms with Gasteiger partial charge in [-0.25, -0.2) is 0 Å². The van der Waals surface area contributed by atoms with Crippen molar-refractivity contribution in [2.45, 2.75) is 63.7 Å². The van der Waals surface area contributed by atoms with Crippen LogP contribution < -0.4 is 10.2 Å². The number of imide groups is 1. The standard InChI is InChI=1S/C37H39N5O4/c38-21-23-4-12-31-29(19-23)27(22-42(31)37(45)26-9-10-26)3-1-2-14-40-15-17-41(18-16-40)28-11-13-32-30(20-28)33(24-5-6-24)34(46-32)36(44)39-35(43)25-7-8-25/h4,11-13,19-20,22,24-26H,1-3,5-10,14-18H2,(H,39,43,44). The Bertz CT molecular complexity index is 1890. The second-order valence-corrected chi connectivity index (χ2v) is 13.7. The number of hydrogen-bond acceptors (Lipinski definition) is 7. The lowest BCUT2D eigenvalue weighted by atomic mass is 10.0. The van der Waals surface area contributed by atoms with Crippen molar-refractivity contribution in [3.8, 4) is 6.07 Å². The van der Waals surface area contributed by atoms with Crippen molar-refractivity contribution < 1.29 is 18.8 Å². The van der Waals surface area contributed by atoms with Crippen molar-refractivity contribution in [3.05, 3.63) is 65.0 Å². The average molecular weight is 618 g/mol. The monoisotopic (exact) mass is 617 g/mol. The maximum absolute atomic E-state index is 13.0. The van der Waals surface area contributed by atoms with E-state index in [-0.39, 0.29) is 23.7 Å². The molecule has 3 heterocycles. The van der Waals surface area contributed by atoms with Crippen LogP contribution in [0.15, 0.2) is 47.0 Å². The van der Waals surface area contributed by atoms with Gasteiger partial charge in [-0.15, -0.1) is 0 Å². The molecule has 0 spiro atoms. The second kappa shape index (κ2) is 11.7. The van der Waals surface area contributed by atoms with E-state index in [4.69, 9.17) is 4.42 Å². The van der Waals surface area contributed by atoms with E-state index in [1.54, 1.807) is 6.07 Å². The van der Waals surface area contributed by atoms with Gasteiger partial charge in [0.1, 0.15) is 5.58 Å². The minimum absolute atomic E-state index is 0.0293. The molecule has 0 radical (unpaired) electrons. The number of anilines is 1. The Morgan fingerprint density at radius 2 is 1.67 bits per heavy atom. The van der Waals surface area contributed by atoms with Crippen molar-refractivity contribution >= 4 is 45.3 Å². The van der Waals surface area contributed by atoms with Gasteiger partial charge in [0.05, 0.1) is 17.1 Å². The fourth-order valence-electron chi connectivity index (χ4n) is 7.02. The summed E-state index contributed by atoms with van der Waals surface area (Å²) >= 11 is 0. The molecule has 1 aliphatic heterocycles. The molecule has 46 heavy (non-hydrogen) atoms. The molecule has 3 aliphatic carbocycles. The molecule has 2 aromatic heterocycles. The van der Waals surface area contributed by atoms with E-state index in [0.717, 1.165) is 124 Å². The van der Waals surface area contributed by atoms with Gasteiger partial charge in [0, 0.05) is 66.2 Å². The number of unbranched alkanes of at least 4 members (excludes halogenated alkanes) is 1. The number of piperazine rings is 1. The smallest absolute Gasteiger partial charge is 0.293 e. The number of carbonyl (C=O) groups is 3. The number of nitriles is 1. The van der Waals surface area contributed by atoms with Crippen LogP contribution >= 0.6 is 0 Å². The van der Waals surface area contributed by atoms with Crippen molar-refractivity contribution in [1.29, 1.82) is 5.26 Å². The zero-order chi connectivity index (χ0) is 31.4. The molecule has 4 aliphatic rings. The van der Waals surface area contributed by atoms with Crippen LogP contribution in [-0.4, -0.2) is 59.9 Å². The summed E-state index contributed by atoms with van der Waals surface area (Å²) in [4.78, 5) is 43.1. The molecular weight excluding hydrogens is 578 g/mol. The van der Waals surface area contributed by atoms with Gasteiger partial charge in [-0.2, -0.15) is 5.26 Å². The van der Waals surface area contributed by atoms with E-state index in [2.05, 4.69) is 33.3 Å². The zero-order valence-electron chi connectivity index (χ0n) is 26.1. The van der Waals surface area contributed by atoms with Gasteiger partial charge in [-0.05, 0) is 112 Å². The minimum atomic E-state index is -0.408. The van der Waals surface area contributed by atoms with Crippen molar-refractivity contribution in [1.82, 2.24) is 14.8 Å². The number of rotatable bonds is 10. The summed E-state index contributed by atoms with van der Waals surface area (Å²) in [6.45, 7) is 4.85. The Balaban J connectivity index is 0.880. The highest BCUT2D eigenvalue weighted by Gasteiger charge is 2.36. The third kappa shape index (κ3) is 5.71. The normalized spacial score (nSPS) is 18.6. The Kier molecular flexibility index (Phi) is 7.41. The molecule has 1 saturated heterocycles. The summed E-state index contributed by atoms with van der Waals surface area (Å²) in [7, 11) is 0. The Morgan fingerprint density at radius 1 is 0.891 bits per heavy atom. The number of benzene rings is 2. The summed E-state index contributed by atoms with van der Waals surface area (Å²) in [6.07, 6.45) is 10.7. The topological polar surface area (TPSA) is 112 Å². The van der Waals surface area contributed by atoms with Crippen LogP contribution in [0.3, 0.4) is 0 Å². The third-order valence-corrected chi connectivity index (χ3v) is 10.2. The molecule has 9 heteroatoms. The number of aromatic nitrogens is 1. The first kappa shape index (κ1) is 29.0. The highest BCUT2D eigenvalue weighted by atomic mass is 16.3. The first-order valence-corrected chi connectivity index (χ1v) is 16.9. The molecular formula is C37H39N5O4. The highest BCUT2D eigenvalue weighted by molar-refractivity contribution is 6.08. The van der Waals surface area contributed by atoms with Crippen LogP contribution in [0.5, 0.6) is 0 Å². The summed E-state index contributed by atoms with van der Waals surface area (Å²) in [5.41, 5.74) is 5.51. The fourth-order valence-corrected chi connectivity index (χ4v) is 7.02. The quantitative estimate of drug-likeness (QED) is 0.172. The van der Waals surface area contributed by atoms with E-state index in [0.29, 0.717) is 22.8 Å². The third-order valence-electron chi connectivity index (χ3n) is 10.2. The minimum Gasteiger partial charge on any atom is -0.451 e. The van der Waals surface area contributed by atoms with Gasteiger partial charge in [-0.1, -0.05) is 0 Å². The van der Waals surface area contributed by atoms with Gasteiger partial charge < -0.3 is 9.32 Å².